The maximum atomic E-state index is 11.6. The van der Waals surface area contributed by atoms with Crippen molar-refractivity contribution in [1.82, 2.24) is 5.32 Å². The molecule has 0 aliphatic rings. The number of nitrogens with one attached hydrogen (secondary N) is 2. The summed E-state index contributed by atoms with van der Waals surface area (Å²) in [5.41, 5.74) is 1.75. The summed E-state index contributed by atoms with van der Waals surface area (Å²) in [6.45, 7) is 7.44. The number of anilines is 1. The van der Waals surface area contributed by atoms with E-state index in [2.05, 4.69) is 15.8 Å². The summed E-state index contributed by atoms with van der Waals surface area (Å²) in [5, 5.41) is 17.3. The number of urea groups is 1. The minimum absolute atomic E-state index is 0.247. The van der Waals surface area contributed by atoms with Crippen LogP contribution < -0.4 is 10.6 Å². The van der Waals surface area contributed by atoms with Crippen LogP contribution in [0, 0.1) is 0 Å². The van der Waals surface area contributed by atoms with Crippen molar-refractivity contribution in [3.63, 3.8) is 0 Å². The molecule has 5 nitrogen and oxygen atoms in total. The van der Waals surface area contributed by atoms with E-state index in [9.17, 15) is 4.79 Å². The molecule has 3 N–H and O–H groups in total. The third kappa shape index (κ3) is 4.45. The molecule has 1 aromatic carbocycles. The van der Waals surface area contributed by atoms with Crippen LogP contribution in [0.1, 0.15) is 33.3 Å². The van der Waals surface area contributed by atoms with Gasteiger partial charge in [0.1, 0.15) is 0 Å². The average molecular weight is 249 g/mol. The zero-order chi connectivity index (χ0) is 13.8. The molecule has 0 aromatic heterocycles. The first-order valence-corrected chi connectivity index (χ1v) is 5.70. The van der Waals surface area contributed by atoms with Crippen molar-refractivity contribution >= 4 is 17.4 Å². The van der Waals surface area contributed by atoms with Gasteiger partial charge < -0.3 is 15.8 Å². The molecule has 18 heavy (non-hydrogen) atoms. The first-order chi connectivity index (χ1) is 8.31. The van der Waals surface area contributed by atoms with Gasteiger partial charge in [0.2, 0.25) is 0 Å². The number of amides is 2. The molecule has 98 valence electrons. The zero-order valence-corrected chi connectivity index (χ0v) is 11.1. The second-order valence-electron chi connectivity index (χ2n) is 5.09. The smallest absolute Gasteiger partial charge is 0.319 e. The van der Waals surface area contributed by atoms with Crippen molar-refractivity contribution in [1.29, 1.82) is 0 Å². The maximum absolute atomic E-state index is 11.6. The monoisotopic (exact) mass is 249 g/mol. The molecule has 0 saturated carbocycles. The van der Waals surface area contributed by atoms with Crippen LogP contribution in [0.15, 0.2) is 29.4 Å². The van der Waals surface area contributed by atoms with E-state index < -0.39 is 0 Å². The molecule has 0 spiro atoms. The second-order valence-corrected chi connectivity index (χ2v) is 5.09. The van der Waals surface area contributed by atoms with Crippen LogP contribution in [-0.2, 0) is 0 Å². The molecular formula is C13H19N3O2. The summed E-state index contributed by atoms with van der Waals surface area (Å²) in [5.74, 6) is 0. The van der Waals surface area contributed by atoms with Crippen molar-refractivity contribution in [2.45, 2.75) is 33.2 Å². The lowest BCUT2D eigenvalue weighted by molar-refractivity contribution is 0.244. The summed E-state index contributed by atoms with van der Waals surface area (Å²) in [6, 6.07) is 6.82. The van der Waals surface area contributed by atoms with E-state index in [1.807, 2.05) is 20.8 Å². The summed E-state index contributed by atoms with van der Waals surface area (Å²) >= 11 is 0. The summed E-state index contributed by atoms with van der Waals surface area (Å²) in [7, 11) is 0. The van der Waals surface area contributed by atoms with Gasteiger partial charge >= 0.3 is 6.03 Å². The summed E-state index contributed by atoms with van der Waals surface area (Å²) < 4.78 is 0. The molecule has 1 aromatic rings. The van der Waals surface area contributed by atoms with Gasteiger partial charge in [0.25, 0.3) is 0 Å². The van der Waals surface area contributed by atoms with E-state index in [1.54, 1.807) is 31.2 Å². The molecule has 0 bridgehead atoms. The molecular weight excluding hydrogens is 230 g/mol. The number of benzene rings is 1. The Kier molecular flexibility index (Phi) is 4.31. The number of nitrogens with zero attached hydrogens (tertiary/aromatic N) is 1. The number of carbonyl (C=O) groups excluding carboxylic acids is 1. The minimum Gasteiger partial charge on any atom is -0.411 e. The Labute approximate surface area is 107 Å². The van der Waals surface area contributed by atoms with E-state index in [1.165, 1.54) is 0 Å². The van der Waals surface area contributed by atoms with E-state index in [0.717, 1.165) is 5.56 Å². The van der Waals surface area contributed by atoms with Gasteiger partial charge in [-0.15, -0.1) is 0 Å². The minimum atomic E-state index is -0.274. The van der Waals surface area contributed by atoms with E-state index in [-0.39, 0.29) is 11.6 Å². The third-order valence-corrected chi connectivity index (χ3v) is 2.20. The maximum Gasteiger partial charge on any atom is 0.319 e. The Morgan fingerprint density at radius 1 is 1.22 bits per heavy atom. The Balaban J connectivity index is 2.67. The van der Waals surface area contributed by atoms with Crippen LogP contribution in [0.25, 0.3) is 0 Å². The van der Waals surface area contributed by atoms with Gasteiger partial charge in [-0.25, -0.2) is 4.79 Å². The SMILES string of the molecule is C/C(=N\O)c1ccc(NC(=O)NC(C)(C)C)cc1. The molecule has 0 aliphatic heterocycles. The van der Waals surface area contributed by atoms with E-state index in [4.69, 9.17) is 5.21 Å². The fourth-order valence-electron chi connectivity index (χ4n) is 1.36. The van der Waals surface area contributed by atoms with Crippen LogP contribution in [0.5, 0.6) is 0 Å². The van der Waals surface area contributed by atoms with Crippen molar-refractivity contribution in [3.05, 3.63) is 29.8 Å². The molecule has 0 unspecified atom stereocenters. The number of hydrogen-bond acceptors (Lipinski definition) is 3. The lowest BCUT2D eigenvalue weighted by atomic mass is 10.1. The van der Waals surface area contributed by atoms with Gasteiger partial charge in [-0.3, -0.25) is 0 Å². The van der Waals surface area contributed by atoms with Crippen molar-refractivity contribution in [2.24, 2.45) is 5.16 Å². The molecule has 0 heterocycles. The van der Waals surface area contributed by atoms with Crippen LogP contribution >= 0.6 is 0 Å². The van der Waals surface area contributed by atoms with E-state index >= 15 is 0 Å². The zero-order valence-electron chi connectivity index (χ0n) is 11.1. The summed E-state index contributed by atoms with van der Waals surface area (Å²) in [6.07, 6.45) is 0. The van der Waals surface area contributed by atoms with Crippen molar-refractivity contribution in [2.75, 3.05) is 5.32 Å². The predicted molar refractivity (Wildman–Crippen MR) is 72.3 cm³/mol. The highest BCUT2D eigenvalue weighted by Gasteiger charge is 2.13. The van der Waals surface area contributed by atoms with Gasteiger partial charge in [0.15, 0.2) is 0 Å². The van der Waals surface area contributed by atoms with Crippen LogP contribution in [0.4, 0.5) is 10.5 Å². The van der Waals surface area contributed by atoms with Crippen molar-refractivity contribution in [3.8, 4) is 0 Å². The first kappa shape index (κ1) is 14.0. The van der Waals surface area contributed by atoms with Crippen LogP contribution in [0.3, 0.4) is 0 Å². The topological polar surface area (TPSA) is 73.7 Å². The molecule has 1 rings (SSSR count). The molecule has 0 aliphatic carbocycles. The number of oxime groups is 1. The molecule has 2 amide bonds. The molecule has 0 saturated heterocycles. The van der Waals surface area contributed by atoms with Crippen LogP contribution in [-0.4, -0.2) is 22.5 Å². The average Bonchev–Trinajstić information content (AvgIpc) is 2.26. The van der Waals surface area contributed by atoms with Gasteiger partial charge in [-0.05, 0) is 45.4 Å². The highest BCUT2D eigenvalue weighted by atomic mass is 16.4. The lowest BCUT2D eigenvalue weighted by Crippen LogP contribution is -2.43. The van der Waals surface area contributed by atoms with E-state index in [0.29, 0.717) is 11.4 Å². The van der Waals surface area contributed by atoms with Gasteiger partial charge in [-0.2, -0.15) is 0 Å². The van der Waals surface area contributed by atoms with Gasteiger partial charge in [0.05, 0.1) is 5.71 Å². The highest BCUT2D eigenvalue weighted by Crippen LogP contribution is 2.10. The predicted octanol–water partition coefficient (Wildman–Crippen LogP) is 2.80. The molecule has 0 radical (unpaired) electrons. The quantitative estimate of drug-likeness (QED) is 0.428. The molecule has 0 atom stereocenters. The normalized spacial score (nSPS) is 12.1. The van der Waals surface area contributed by atoms with Crippen LogP contribution in [0.2, 0.25) is 0 Å². The Bertz CT molecular complexity index is 444. The fourth-order valence-corrected chi connectivity index (χ4v) is 1.36. The Hall–Kier alpha value is -2.04. The lowest BCUT2D eigenvalue weighted by Gasteiger charge is -2.20. The standard InChI is InChI=1S/C13H19N3O2/c1-9(16-18)10-5-7-11(8-6-10)14-12(17)15-13(2,3)4/h5-8,18H,1-4H3,(H2,14,15,17)/b16-9+. The third-order valence-electron chi connectivity index (χ3n) is 2.20. The first-order valence-electron chi connectivity index (χ1n) is 5.70. The number of carbonyl (C=O) groups is 1. The number of hydrogen-bond donors (Lipinski definition) is 3. The Morgan fingerprint density at radius 2 is 1.78 bits per heavy atom. The largest absolute Gasteiger partial charge is 0.411 e. The number of rotatable bonds is 2. The summed E-state index contributed by atoms with van der Waals surface area (Å²) in [4.78, 5) is 11.6. The molecule has 5 heteroatoms. The highest BCUT2D eigenvalue weighted by molar-refractivity contribution is 5.99. The van der Waals surface area contributed by atoms with Crippen molar-refractivity contribution < 1.29 is 10.0 Å². The Morgan fingerprint density at radius 3 is 2.22 bits per heavy atom. The van der Waals surface area contributed by atoms with Gasteiger partial charge in [-0.1, -0.05) is 17.3 Å². The second kappa shape index (κ2) is 5.53. The molecule has 0 fully saturated rings. The fraction of sp³-hybridized carbons (Fsp3) is 0.385. The van der Waals surface area contributed by atoms with Gasteiger partial charge in [0, 0.05) is 11.2 Å².